The molecule has 2 rings (SSSR count). The number of sulfonamides is 1. The van der Waals surface area contributed by atoms with E-state index >= 15 is 0 Å². The molecule has 0 saturated carbocycles. The predicted octanol–water partition coefficient (Wildman–Crippen LogP) is 6.72. The zero-order valence-corrected chi connectivity index (χ0v) is 18.6. The summed E-state index contributed by atoms with van der Waals surface area (Å²) in [6, 6.07) is 10.9. The van der Waals surface area contributed by atoms with Gasteiger partial charge < -0.3 is 0 Å². The summed E-state index contributed by atoms with van der Waals surface area (Å²) in [6.07, 6.45) is 0.584. The molecule has 0 unspecified atom stereocenters. The molecule has 1 atom stereocenters. The Bertz CT molecular complexity index is 873. The van der Waals surface area contributed by atoms with Gasteiger partial charge in [-0.3, -0.25) is 0 Å². The Labute approximate surface area is 174 Å². The van der Waals surface area contributed by atoms with E-state index in [2.05, 4.69) is 0 Å². The first-order valence-electron chi connectivity index (χ1n) is 8.05. The third-order valence-electron chi connectivity index (χ3n) is 4.02. The predicted molar refractivity (Wildman–Crippen MR) is 114 cm³/mol. The van der Waals surface area contributed by atoms with E-state index in [1.165, 1.54) is 28.2 Å². The van der Waals surface area contributed by atoms with Crippen molar-refractivity contribution in [3.8, 4) is 0 Å². The molecule has 0 amide bonds. The van der Waals surface area contributed by atoms with Gasteiger partial charge in [-0.05, 0) is 61.6 Å². The second kappa shape index (κ2) is 8.61. The highest BCUT2D eigenvalue weighted by molar-refractivity contribution is 8.02. The smallest absolute Gasteiger partial charge is 0.249 e. The molecule has 0 heterocycles. The van der Waals surface area contributed by atoms with Crippen LogP contribution in [-0.4, -0.2) is 19.0 Å². The minimum atomic E-state index is -3.89. The Morgan fingerprint density at radius 1 is 1.00 bits per heavy atom. The Morgan fingerprint density at radius 3 is 2.12 bits per heavy atom. The first-order chi connectivity index (χ1) is 12.2. The lowest BCUT2D eigenvalue weighted by molar-refractivity contribution is 0.564. The summed E-state index contributed by atoms with van der Waals surface area (Å²) in [5.74, 6) is 0.745. The molecule has 26 heavy (non-hydrogen) atoms. The van der Waals surface area contributed by atoms with Crippen molar-refractivity contribution in [3.63, 3.8) is 0 Å². The standard InChI is InChI=1S/C18H20Cl3NO2S2/c1-4-18(3,25-5-2)22(17-12-14(20)8-11-16(17)21)26(23,24)15-9-6-13(19)7-10-15/h6-12H,4-5H2,1-3H3/t18-/m1/s1. The Kier molecular flexibility index (Phi) is 7.19. The van der Waals surface area contributed by atoms with Crippen LogP contribution in [-0.2, 0) is 10.0 Å². The summed E-state index contributed by atoms with van der Waals surface area (Å²) >= 11 is 20.0. The molecule has 0 bridgehead atoms. The van der Waals surface area contributed by atoms with E-state index < -0.39 is 14.9 Å². The zero-order valence-electron chi connectivity index (χ0n) is 14.7. The third kappa shape index (κ3) is 4.45. The number of hydrogen-bond donors (Lipinski definition) is 0. The lowest BCUT2D eigenvalue weighted by Crippen LogP contribution is -2.47. The van der Waals surface area contributed by atoms with Gasteiger partial charge in [-0.25, -0.2) is 12.7 Å². The van der Waals surface area contributed by atoms with E-state index in [0.29, 0.717) is 27.2 Å². The number of nitrogens with zero attached hydrogens (tertiary/aromatic N) is 1. The average Bonchev–Trinajstić information content (AvgIpc) is 2.58. The van der Waals surface area contributed by atoms with Crippen LogP contribution in [0.2, 0.25) is 15.1 Å². The molecule has 0 saturated heterocycles. The van der Waals surface area contributed by atoms with E-state index in [1.807, 2.05) is 20.8 Å². The first-order valence-corrected chi connectivity index (χ1v) is 11.6. The number of rotatable bonds is 7. The van der Waals surface area contributed by atoms with Gasteiger partial charge in [0.05, 0.1) is 20.5 Å². The molecule has 0 aromatic heterocycles. The second-order valence-corrected chi connectivity index (χ2v) is 10.6. The fourth-order valence-electron chi connectivity index (χ4n) is 2.61. The van der Waals surface area contributed by atoms with Crippen molar-refractivity contribution in [3.05, 3.63) is 57.5 Å². The lowest BCUT2D eigenvalue weighted by Gasteiger charge is -2.41. The highest BCUT2D eigenvalue weighted by Crippen LogP contribution is 2.44. The van der Waals surface area contributed by atoms with Crippen molar-refractivity contribution in [2.45, 2.75) is 37.0 Å². The van der Waals surface area contributed by atoms with Crippen molar-refractivity contribution in [2.24, 2.45) is 0 Å². The van der Waals surface area contributed by atoms with Gasteiger partial charge in [0, 0.05) is 10.0 Å². The van der Waals surface area contributed by atoms with Crippen molar-refractivity contribution in [2.75, 3.05) is 10.1 Å². The SMILES string of the molecule is CCS[C@](C)(CC)N(c1cc(Cl)ccc1Cl)S(=O)(=O)c1ccc(Cl)cc1. The van der Waals surface area contributed by atoms with Gasteiger partial charge in [-0.1, -0.05) is 48.7 Å². The molecular weight excluding hydrogens is 433 g/mol. The molecule has 2 aromatic carbocycles. The summed E-state index contributed by atoms with van der Waals surface area (Å²) in [5, 5.41) is 1.21. The van der Waals surface area contributed by atoms with Gasteiger partial charge in [0.25, 0.3) is 10.0 Å². The molecule has 0 N–H and O–H groups in total. The first kappa shape index (κ1) is 21.7. The van der Waals surface area contributed by atoms with Crippen LogP contribution in [0.4, 0.5) is 5.69 Å². The molecule has 0 aliphatic rings. The molecule has 0 spiro atoms. The van der Waals surface area contributed by atoms with E-state index in [-0.39, 0.29) is 4.90 Å². The van der Waals surface area contributed by atoms with Crippen LogP contribution >= 0.6 is 46.6 Å². The Morgan fingerprint density at radius 2 is 1.58 bits per heavy atom. The summed E-state index contributed by atoms with van der Waals surface area (Å²) in [4.78, 5) is -0.587. The molecule has 0 aliphatic heterocycles. The van der Waals surface area contributed by atoms with Crippen molar-refractivity contribution in [1.29, 1.82) is 0 Å². The van der Waals surface area contributed by atoms with E-state index in [9.17, 15) is 8.42 Å². The molecule has 0 fully saturated rings. The number of benzene rings is 2. The highest BCUT2D eigenvalue weighted by atomic mass is 35.5. The van der Waals surface area contributed by atoms with Crippen molar-refractivity contribution in [1.82, 2.24) is 0 Å². The maximum Gasteiger partial charge on any atom is 0.265 e. The molecule has 8 heteroatoms. The third-order valence-corrected chi connectivity index (χ3v) is 8.27. The molecule has 142 valence electrons. The summed E-state index contributed by atoms with van der Waals surface area (Å²) < 4.78 is 28.5. The van der Waals surface area contributed by atoms with Gasteiger partial charge in [-0.2, -0.15) is 0 Å². The van der Waals surface area contributed by atoms with Gasteiger partial charge in [0.1, 0.15) is 0 Å². The molecule has 0 radical (unpaired) electrons. The molecule has 3 nitrogen and oxygen atoms in total. The number of anilines is 1. The zero-order chi connectivity index (χ0) is 19.5. The maximum absolute atomic E-state index is 13.6. The van der Waals surface area contributed by atoms with E-state index in [4.69, 9.17) is 34.8 Å². The minimum Gasteiger partial charge on any atom is -0.249 e. The quantitative estimate of drug-likeness (QED) is 0.437. The lowest BCUT2D eigenvalue weighted by atomic mass is 10.2. The highest BCUT2D eigenvalue weighted by Gasteiger charge is 2.41. The van der Waals surface area contributed by atoms with Crippen molar-refractivity contribution < 1.29 is 8.42 Å². The summed E-state index contributed by atoms with van der Waals surface area (Å²) in [6.45, 7) is 5.84. The van der Waals surface area contributed by atoms with E-state index in [0.717, 1.165) is 5.75 Å². The maximum atomic E-state index is 13.6. The van der Waals surface area contributed by atoms with Crippen molar-refractivity contribution >= 4 is 62.3 Å². The summed E-state index contributed by atoms with van der Waals surface area (Å²) in [7, 11) is -3.89. The fourth-order valence-corrected chi connectivity index (χ4v) is 6.38. The summed E-state index contributed by atoms with van der Waals surface area (Å²) in [5.41, 5.74) is 0.361. The monoisotopic (exact) mass is 451 g/mol. The second-order valence-electron chi connectivity index (χ2n) is 5.78. The topological polar surface area (TPSA) is 37.4 Å². The van der Waals surface area contributed by atoms with Crippen LogP contribution in [0.5, 0.6) is 0 Å². The minimum absolute atomic E-state index is 0.148. The van der Waals surface area contributed by atoms with Crippen LogP contribution in [0.15, 0.2) is 47.4 Å². The number of hydrogen-bond acceptors (Lipinski definition) is 3. The molecule has 0 aliphatic carbocycles. The average molecular weight is 453 g/mol. The van der Waals surface area contributed by atoms with Gasteiger partial charge in [0.2, 0.25) is 0 Å². The molecular formula is C18H20Cl3NO2S2. The van der Waals surface area contributed by atoms with Crippen LogP contribution in [0.3, 0.4) is 0 Å². The van der Waals surface area contributed by atoms with Gasteiger partial charge in [0.15, 0.2) is 0 Å². The van der Waals surface area contributed by atoms with E-state index in [1.54, 1.807) is 30.3 Å². The Balaban J connectivity index is 2.75. The largest absolute Gasteiger partial charge is 0.265 e. The normalized spacial score (nSPS) is 14.1. The van der Waals surface area contributed by atoms with Crippen LogP contribution in [0, 0.1) is 0 Å². The fraction of sp³-hybridized carbons (Fsp3) is 0.333. The number of halogens is 3. The van der Waals surface area contributed by atoms with Crippen LogP contribution < -0.4 is 4.31 Å². The van der Waals surface area contributed by atoms with Gasteiger partial charge in [-0.15, -0.1) is 11.8 Å². The van der Waals surface area contributed by atoms with Gasteiger partial charge >= 0.3 is 0 Å². The van der Waals surface area contributed by atoms with Crippen LogP contribution in [0.1, 0.15) is 27.2 Å². The van der Waals surface area contributed by atoms with Crippen LogP contribution in [0.25, 0.3) is 0 Å². The Hall–Kier alpha value is -0.590. The number of thioether (sulfide) groups is 1. The molecule has 2 aromatic rings.